The SMILES string of the molecule is COc1cccc(CCNc2cnnc(N(Cc3ccccc3)C(C)C)n2)c1. The van der Waals surface area contributed by atoms with Crippen LogP contribution in [0, 0.1) is 0 Å². The quantitative estimate of drug-likeness (QED) is 0.609. The van der Waals surface area contributed by atoms with Gasteiger partial charge in [0.15, 0.2) is 5.82 Å². The molecule has 6 heteroatoms. The van der Waals surface area contributed by atoms with Gasteiger partial charge >= 0.3 is 0 Å². The minimum Gasteiger partial charge on any atom is -0.497 e. The molecule has 3 rings (SSSR count). The Hall–Kier alpha value is -3.15. The van der Waals surface area contributed by atoms with Gasteiger partial charge in [-0.05, 0) is 43.5 Å². The predicted molar refractivity (Wildman–Crippen MR) is 113 cm³/mol. The van der Waals surface area contributed by atoms with Crippen LogP contribution in [0.3, 0.4) is 0 Å². The van der Waals surface area contributed by atoms with Crippen LogP contribution in [0.1, 0.15) is 25.0 Å². The van der Waals surface area contributed by atoms with Crippen LogP contribution >= 0.6 is 0 Å². The summed E-state index contributed by atoms with van der Waals surface area (Å²) < 4.78 is 5.28. The van der Waals surface area contributed by atoms with Crippen LogP contribution in [-0.4, -0.2) is 34.9 Å². The van der Waals surface area contributed by atoms with Gasteiger partial charge in [-0.3, -0.25) is 0 Å². The van der Waals surface area contributed by atoms with Crippen molar-refractivity contribution in [3.8, 4) is 5.75 Å². The Balaban J connectivity index is 1.64. The van der Waals surface area contributed by atoms with Crippen LogP contribution in [0.4, 0.5) is 11.8 Å². The molecule has 0 fully saturated rings. The summed E-state index contributed by atoms with van der Waals surface area (Å²) >= 11 is 0. The number of aromatic nitrogens is 3. The Morgan fingerprint density at radius 2 is 1.82 bits per heavy atom. The van der Waals surface area contributed by atoms with Gasteiger partial charge in [0.25, 0.3) is 0 Å². The lowest BCUT2D eigenvalue weighted by Crippen LogP contribution is -2.32. The minimum atomic E-state index is 0.258. The molecular formula is C22H27N5O. The molecule has 0 radical (unpaired) electrons. The molecule has 1 N–H and O–H groups in total. The van der Waals surface area contributed by atoms with Crippen LogP contribution in [0.15, 0.2) is 60.8 Å². The van der Waals surface area contributed by atoms with Crippen molar-refractivity contribution in [1.82, 2.24) is 15.2 Å². The third kappa shape index (κ3) is 5.42. The fourth-order valence-corrected chi connectivity index (χ4v) is 2.93. The third-order valence-corrected chi connectivity index (χ3v) is 4.48. The number of hydrogen-bond donors (Lipinski definition) is 1. The zero-order valence-electron chi connectivity index (χ0n) is 16.7. The predicted octanol–water partition coefficient (Wildman–Crippen LogP) is 3.95. The van der Waals surface area contributed by atoms with E-state index in [4.69, 9.17) is 4.74 Å². The highest BCUT2D eigenvalue weighted by Gasteiger charge is 2.15. The first-order valence-electron chi connectivity index (χ1n) is 9.53. The van der Waals surface area contributed by atoms with Crippen molar-refractivity contribution in [2.75, 3.05) is 23.9 Å². The highest BCUT2D eigenvalue weighted by molar-refractivity contribution is 5.40. The van der Waals surface area contributed by atoms with E-state index in [0.29, 0.717) is 5.95 Å². The minimum absolute atomic E-state index is 0.258. The molecule has 0 amide bonds. The van der Waals surface area contributed by atoms with Gasteiger partial charge in [0.05, 0.1) is 13.3 Å². The van der Waals surface area contributed by atoms with Gasteiger partial charge < -0.3 is 15.0 Å². The van der Waals surface area contributed by atoms with Crippen molar-refractivity contribution in [3.63, 3.8) is 0 Å². The summed E-state index contributed by atoms with van der Waals surface area (Å²) in [4.78, 5) is 6.82. The van der Waals surface area contributed by atoms with Gasteiger partial charge in [-0.2, -0.15) is 10.1 Å². The average molecular weight is 377 g/mol. The van der Waals surface area contributed by atoms with Crippen molar-refractivity contribution >= 4 is 11.8 Å². The number of nitrogens with one attached hydrogen (secondary N) is 1. The maximum atomic E-state index is 5.28. The lowest BCUT2D eigenvalue weighted by molar-refractivity contribution is 0.414. The summed E-state index contributed by atoms with van der Waals surface area (Å²) in [6.07, 6.45) is 2.53. The largest absolute Gasteiger partial charge is 0.497 e. The molecular weight excluding hydrogens is 350 g/mol. The Morgan fingerprint density at radius 1 is 1.04 bits per heavy atom. The summed E-state index contributed by atoms with van der Waals surface area (Å²) in [5.41, 5.74) is 2.43. The smallest absolute Gasteiger partial charge is 0.247 e. The van der Waals surface area contributed by atoms with Gasteiger partial charge in [-0.1, -0.05) is 42.5 Å². The first-order valence-corrected chi connectivity index (χ1v) is 9.53. The maximum Gasteiger partial charge on any atom is 0.247 e. The molecule has 0 atom stereocenters. The summed E-state index contributed by atoms with van der Waals surface area (Å²) in [7, 11) is 1.68. The first-order chi connectivity index (χ1) is 13.7. The van der Waals surface area contributed by atoms with Crippen LogP contribution in [0.5, 0.6) is 5.75 Å². The van der Waals surface area contributed by atoms with Gasteiger partial charge in [0.2, 0.25) is 5.95 Å². The van der Waals surface area contributed by atoms with Crippen molar-refractivity contribution in [2.24, 2.45) is 0 Å². The van der Waals surface area contributed by atoms with Crippen LogP contribution in [0.2, 0.25) is 0 Å². The topological polar surface area (TPSA) is 63.2 Å². The molecule has 0 aliphatic rings. The second kappa shape index (κ2) is 9.69. The van der Waals surface area contributed by atoms with Gasteiger partial charge in [-0.15, -0.1) is 5.10 Å². The molecule has 28 heavy (non-hydrogen) atoms. The van der Waals surface area contributed by atoms with E-state index in [2.05, 4.69) is 57.4 Å². The van der Waals surface area contributed by atoms with Crippen molar-refractivity contribution in [2.45, 2.75) is 32.9 Å². The van der Waals surface area contributed by atoms with Gasteiger partial charge in [-0.25, -0.2) is 0 Å². The van der Waals surface area contributed by atoms with E-state index in [-0.39, 0.29) is 6.04 Å². The number of hydrogen-bond acceptors (Lipinski definition) is 6. The number of ether oxygens (including phenoxy) is 1. The lowest BCUT2D eigenvalue weighted by atomic mass is 10.1. The zero-order chi connectivity index (χ0) is 19.8. The van der Waals surface area contributed by atoms with E-state index < -0.39 is 0 Å². The highest BCUT2D eigenvalue weighted by atomic mass is 16.5. The van der Waals surface area contributed by atoms with Crippen molar-refractivity contribution in [3.05, 3.63) is 71.9 Å². The average Bonchev–Trinajstić information content (AvgIpc) is 2.73. The number of methoxy groups -OCH3 is 1. The monoisotopic (exact) mass is 377 g/mol. The first kappa shape index (κ1) is 19.6. The molecule has 0 aliphatic heterocycles. The Morgan fingerprint density at radius 3 is 2.57 bits per heavy atom. The van der Waals surface area contributed by atoms with E-state index in [0.717, 1.165) is 31.1 Å². The second-order valence-corrected chi connectivity index (χ2v) is 6.88. The molecule has 6 nitrogen and oxygen atoms in total. The van der Waals surface area contributed by atoms with Crippen LogP contribution < -0.4 is 15.0 Å². The Kier molecular flexibility index (Phi) is 6.78. The fourth-order valence-electron chi connectivity index (χ4n) is 2.93. The number of nitrogens with zero attached hydrogens (tertiary/aromatic N) is 4. The molecule has 0 saturated heterocycles. The molecule has 0 aliphatic carbocycles. The lowest BCUT2D eigenvalue weighted by Gasteiger charge is -2.26. The van der Waals surface area contributed by atoms with Crippen molar-refractivity contribution < 1.29 is 4.74 Å². The molecule has 1 aromatic heterocycles. The molecule has 2 aromatic carbocycles. The van der Waals surface area contributed by atoms with Crippen LogP contribution in [0.25, 0.3) is 0 Å². The molecule has 1 heterocycles. The van der Waals surface area contributed by atoms with E-state index in [1.54, 1.807) is 13.3 Å². The number of benzene rings is 2. The van der Waals surface area contributed by atoms with E-state index >= 15 is 0 Å². The summed E-state index contributed by atoms with van der Waals surface area (Å²) in [6.45, 7) is 5.77. The number of rotatable bonds is 9. The molecule has 146 valence electrons. The number of anilines is 2. The Labute approximate surface area is 166 Å². The molecule has 0 spiro atoms. The zero-order valence-corrected chi connectivity index (χ0v) is 16.7. The standard InChI is InChI=1S/C22H27N5O/c1-17(2)27(16-19-8-5-4-6-9-19)22-25-21(15-24-26-22)23-13-12-18-10-7-11-20(14-18)28-3/h4-11,14-15,17H,12-13,16H2,1-3H3,(H,23,25,26). The normalized spacial score (nSPS) is 10.7. The van der Waals surface area contributed by atoms with Crippen molar-refractivity contribution in [1.29, 1.82) is 0 Å². The van der Waals surface area contributed by atoms with Crippen LogP contribution in [-0.2, 0) is 13.0 Å². The van der Waals surface area contributed by atoms with E-state index in [1.807, 2.05) is 36.4 Å². The molecule has 0 bridgehead atoms. The molecule has 0 unspecified atom stereocenters. The summed E-state index contributed by atoms with van der Waals surface area (Å²) in [6, 6.07) is 18.7. The summed E-state index contributed by atoms with van der Waals surface area (Å²) in [5, 5.41) is 11.7. The molecule has 0 saturated carbocycles. The van der Waals surface area contributed by atoms with E-state index in [1.165, 1.54) is 11.1 Å². The third-order valence-electron chi connectivity index (χ3n) is 4.48. The highest BCUT2D eigenvalue weighted by Crippen LogP contribution is 2.17. The summed E-state index contributed by atoms with van der Waals surface area (Å²) in [5.74, 6) is 2.23. The van der Waals surface area contributed by atoms with Gasteiger partial charge in [0.1, 0.15) is 5.75 Å². The Bertz CT molecular complexity index is 870. The maximum absolute atomic E-state index is 5.28. The second-order valence-electron chi connectivity index (χ2n) is 6.88. The van der Waals surface area contributed by atoms with E-state index in [9.17, 15) is 0 Å². The fraction of sp³-hybridized carbons (Fsp3) is 0.318. The molecule has 3 aromatic rings. The van der Waals surface area contributed by atoms with Gasteiger partial charge in [0, 0.05) is 19.1 Å².